The zero-order valence-corrected chi connectivity index (χ0v) is 15.4. The molecule has 0 fully saturated rings. The van der Waals surface area contributed by atoms with E-state index in [0.29, 0.717) is 5.56 Å². The maximum absolute atomic E-state index is 12.3. The van der Waals surface area contributed by atoms with Crippen LogP contribution in [0.4, 0.5) is 5.69 Å². The van der Waals surface area contributed by atoms with Crippen LogP contribution in [0.15, 0.2) is 64.1 Å². The summed E-state index contributed by atoms with van der Waals surface area (Å²) in [6, 6.07) is 15.3. The predicted molar refractivity (Wildman–Crippen MR) is 107 cm³/mol. The molecule has 0 aromatic heterocycles. The van der Waals surface area contributed by atoms with Gasteiger partial charge in [-0.2, -0.15) is 0 Å². The molecule has 122 valence electrons. The molecule has 1 N–H and O–H groups in total. The maximum atomic E-state index is 12.3. The molecule has 0 atom stereocenters. The largest absolute Gasteiger partial charge is 0.335 e. The molecule has 1 aliphatic rings. The minimum atomic E-state index is -0.0123. The smallest absolute Gasteiger partial charge is 0.185 e. The highest BCUT2D eigenvalue weighted by Gasteiger charge is 2.07. The van der Waals surface area contributed by atoms with E-state index in [2.05, 4.69) is 26.2 Å². The summed E-state index contributed by atoms with van der Waals surface area (Å²) in [5.74, 6) is 1.09. The number of benzene rings is 2. The Morgan fingerprint density at radius 1 is 1.17 bits per heavy atom. The third-order valence-corrected chi connectivity index (χ3v) is 5.26. The second-order valence-electron chi connectivity index (χ2n) is 5.31. The Morgan fingerprint density at radius 2 is 1.96 bits per heavy atom. The molecule has 0 saturated heterocycles. The van der Waals surface area contributed by atoms with E-state index in [-0.39, 0.29) is 5.78 Å². The van der Waals surface area contributed by atoms with Crippen molar-refractivity contribution in [1.29, 1.82) is 0 Å². The number of anilines is 1. The molecule has 0 aliphatic carbocycles. The fourth-order valence-electron chi connectivity index (χ4n) is 2.25. The standard InChI is InChI=1S/C19H17BrN2OS/c20-17-5-2-1-4-14(17)8-11-18(23)15-6-9-16(10-7-15)22-19-21-12-3-13-24-19/h1-2,4-11H,3,12-13H2,(H,21,22)/b11-8+. The fourth-order valence-corrected chi connectivity index (χ4v) is 3.50. The summed E-state index contributed by atoms with van der Waals surface area (Å²) in [6.07, 6.45) is 4.56. The first-order chi connectivity index (χ1) is 11.7. The molecule has 0 spiro atoms. The number of allylic oxidation sites excluding steroid dienone is 1. The Kier molecular flexibility index (Phi) is 5.88. The van der Waals surface area contributed by atoms with E-state index in [0.717, 1.165) is 39.6 Å². The van der Waals surface area contributed by atoms with E-state index < -0.39 is 0 Å². The van der Waals surface area contributed by atoms with Crippen molar-refractivity contribution in [2.24, 2.45) is 4.99 Å². The molecule has 0 radical (unpaired) electrons. The Balaban J connectivity index is 1.65. The molecule has 3 nitrogen and oxygen atoms in total. The summed E-state index contributed by atoms with van der Waals surface area (Å²) in [4.78, 5) is 16.7. The highest BCUT2D eigenvalue weighted by atomic mass is 79.9. The van der Waals surface area contributed by atoms with Gasteiger partial charge in [-0.3, -0.25) is 9.79 Å². The lowest BCUT2D eigenvalue weighted by atomic mass is 10.1. The second kappa shape index (κ2) is 8.31. The number of nitrogens with one attached hydrogen (secondary N) is 1. The summed E-state index contributed by atoms with van der Waals surface area (Å²) in [5, 5.41) is 4.24. The summed E-state index contributed by atoms with van der Waals surface area (Å²) < 4.78 is 0.972. The van der Waals surface area contributed by atoms with Crippen LogP contribution in [0.25, 0.3) is 6.08 Å². The average molecular weight is 401 g/mol. The molecule has 0 saturated carbocycles. The minimum absolute atomic E-state index is 0.0123. The summed E-state index contributed by atoms with van der Waals surface area (Å²) in [5.41, 5.74) is 2.60. The molecule has 3 rings (SSSR count). The van der Waals surface area contributed by atoms with Crippen molar-refractivity contribution in [3.63, 3.8) is 0 Å². The lowest BCUT2D eigenvalue weighted by Crippen LogP contribution is -2.13. The van der Waals surface area contributed by atoms with Crippen LogP contribution >= 0.6 is 27.7 Å². The van der Waals surface area contributed by atoms with Crippen molar-refractivity contribution >= 4 is 50.4 Å². The van der Waals surface area contributed by atoms with Crippen molar-refractivity contribution in [3.05, 3.63) is 70.2 Å². The van der Waals surface area contributed by atoms with Gasteiger partial charge in [-0.25, -0.2) is 0 Å². The summed E-state index contributed by atoms with van der Waals surface area (Å²) >= 11 is 5.21. The lowest BCUT2D eigenvalue weighted by Gasteiger charge is -2.13. The SMILES string of the molecule is O=C(/C=C/c1ccccc1Br)c1ccc(NC2=NCCCS2)cc1. The zero-order valence-electron chi connectivity index (χ0n) is 13.0. The van der Waals surface area contributed by atoms with Gasteiger partial charge in [0.2, 0.25) is 0 Å². The van der Waals surface area contributed by atoms with Crippen LogP contribution in [-0.2, 0) is 0 Å². The van der Waals surface area contributed by atoms with Gasteiger partial charge in [0, 0.05) is 28.0 Å². The molecule has 24 heavy (non-hydrogen) atoms. The molecule has 0 bridgehead atoms. The summed E-state index contributed by atoms with van der Waals surface area (Å²) in [6.45, 7) is 0.881. The van der Waals surface area contributed by atoms with Gasteiger partial charge in [-0.1, -0.05) is 45.9 Å². The maximum Gasteiger partial charge on any atom is 0.185 e. The molecular weight excluding hydrogens is 384 g/mol. The van der Waals surface area contributed by atoms with Crippen LogP contribution in [0.3, 0.4) is 0 Å². The van der Waals surface area contributed by atoms with Gasteiger partial charge in [0.05, 0.1) is 0 Å². The molecule has 0 unspecified atom stereocenters. The average Bonchev–Trinajstić information content (AvgIpc) is 2.62. The first-order valence-corrected chi connectivity index (χ1v) is 9.51. The Labute approximate surface area is 154 Å². The molecule has 2 aromatic rings. The highest BCUT2D eigenvalue weighted by Crippen LogP contribution is 2.19. The van der Waals surface area contributed by atoms with Crippen molar-refractivity contribution in [1.82, 2.24) is 0 Å². The first kappa shape index (κ1) is 17.0. The van der Waals surface area contributed by atoms with Gasteiger partial charge in [0.15, 0.2) is 11.0 Å². The van der Waals surface area contributed by atoms with Crippen molar-refractivity contribution < 1.29 is 4.79 Å². The number of ketones is 1. The third kappa shape index (κ3) is 4.58. The van der Waals surface area contributed by atoms with E-state index in [4.69, 9.17) is 0 Å². The van der Waals surface area contributed by atoms with Gasteiger partial charge in [0.1, 0.15) is 0 Å². The number of aliphatic imine (C=N–C) groups is 1. The van der Waals surface area contributed by atoms with Crippen molar-refractivity contribution in [2.45, 2.75) is 6.42 Å². The number of thioether (sulfide) groups is 1. The highest BCUT2D eigenvalue weighted by molar-refractivity contribution is 9.10. The zero-order chi connectivity index (χ0) is 16.8. The number of carbonyl (C=O) groups excluding carboxylic acids is 1. The normalized spacial score (nSPS) is 14.5. The van der Waals surface area contributed by atoms with Crippen LogP contribution < -0.4 is 5.32 Å². The van der Waals surface area contributed by atoms with Gasteiger partial charge < -0.3 is 5.32 Å². The van der Waals surface area contributed by atoms with E-state index in [1.165, 1.54) is 0 Å². The van der Waals surface area contributed by atoms with E-state index in [1.807, 2.05) is 54.6 Å². The second-order valence-corrected chi connectivity index (χ2v) is 7.25. The monoisotopic (exact) mass is 400 g/mol. The van der Waals surface area contributed by atoms with Gasteiger partial charge in [-0.15, -0.1) is 0 Å². The minimum Gasteiger partial charge on any atom is -0.335 e. The number of amidine groups is 1. The quantitative estimate of drug-likeness (QED) is 0.562. The van der Waals surface area contributed by atoms with Crippen molar-refractivity contribution in [2.75, 3.05) is 17.6 Å². The van der Waals surface area contributed by atoms with Crippen molar-refractivity contribution in [3.8, 4) is 0 Å². The number of halogens is 1. The Bertz CT molecular complexity index is 784. The fraction of sp³-hybridized carbons (Fsp3) is 0.158. The molecule has 1 heterocycles. The van der Waals surface area contributed by atoms with Gasteiger partial charge in [-0.05, 0) is 54.5 Å². The topological polar surface area (TPSA) is 41.5 Å². The van der Waals surface area contributed by atoms with E-state index >= 15 is 0 Å². The lowest BCUT2D eigenvalue weighted by molar-refractivity contribution is 0.104. The van der Waals surface area contributed by atoms with Crippen LogP contribution in [0.5, 0.6) is 0 Å². The molecular formula is C19H17BrN2OS. The number of rotatable bonds is 4. The predicted octanol–water partition coefficient (Wildman–Crippen LogP) is 5.25. The molecule has 5 heteroatoms. The Morgan fingerprint density at radius 3 is 2.67 bits per heavy atom. The van der Waals surface area contributed by atoms with Gasteiger partial charge >= 0.3 is 0 Å². The number of hydrogen-bond donors (Lipinski definition) is 1. The van der Waals surface area contributed by atoms with Crippen LogP contribution in [0, 0.1) is 0 Å². The van der Waals surface area contributed by atoms with Crippen LogP contribution in [-0.4, -0.2) is 23.2 Å². The summed E-state index contributed by atoms with van der Waals surface area (Å²) in [7, 11) is 0. The molecule has 2 aromatic carbocycles. The third-order valence-electron chi connectivity index (χ3n) is 3.54. The van der Waals surface area contributed by atoms with Crippen LogP contribution in [0.2, 0.25) is 0 Å². The van der Waals surface area contributed by atoms with E-state index in [1.54, 1.807) is 17.8 Å². The number of nitrogens with zero attached hydrogens (tertiary/aromatic N) is 1. The first-order valence-electron chi connectivity index (χ1n) is 7.74. The number of hydrogen-bond acceptors (Lipinski definition) is 4. The molecule has 1 aliphatic heterocycles. The number of carbonyl (C=O) groups is 1. The van der Waals surface area contributed by atoms with Crippen LogP contribution in [0.1, 0.15) is 22.3 Å². The Hall–Kier alpha value is -1.85. The van der Waals surface area contributed by atoms with E-state index in [9.17, 15) is 4.79 Å². The molecule has 0 amide bonds. The van der Waals surface area contributed by atoms with Gasteiger partial charge in [0.25, 0.3) is 0 Å².